The number of aryl methyl sites for hydroxylation is 1. The van der Waals surface area contributed by atoms with Crippen molar-refractivity contribution in [3.8, 4) is 0 Å². The molecule has 0 aliphatic carbocycles. The van der Waals surface area contributed by atoms with Crippen LogP contribution in [-0.4, -0.2) is 27.3 Å². The summed E-state index contributed by atoms with van der Waals surface area (Å²) in [6, 6.07) is 1.91. The third-order valence-corrected chi connectivity index (χ3v) is 6.26. The molecule has 2 heterocycles. The Morgan fingerprint density at radius 3 is 2.53 bits per heavy atom. The second kappa shape index (κ2) is 4.53. The van der Waals surface area contributed by atoms with E-state index in [9.17, 15) is 4.57 Å². The Labute approximate surface area is 101 Å². The molecule has 0 radical (unpaired) electrons. The number of pyridine rings is 1. The van der Waals surface area contributed by atoms with Crippen molar-refractivity contribution in [2.24, 2.45) is 0 Å². The van der Waals surface area contributed by atoms with Crippen LogP contribution in [0.5, 0.6) is 0 Å². The standard InChI is InChI=1S/C12H16N3OP/c1-4-17(16,5-2)11-6-10-7-13-9(3)15-12(10)14-8-11/h6-8H,4-5H2,1-3H3. The monoisotopic (exact) mass is 249 g/mol. The van der Waals surface area contributed by atoms with Crippen LogP contribution >= 0.6 is 7.14 Å². The minimum Gasteiger partial charge on any atom is -0.319 e. The zero-order valence-corrected chi connectivity index (χ0v) is 11.2. The third kappa shape index (κ3) is 2.22. The number of hydrogen-bond acceptors (Lipinski definition) is 4. The minimum atomic E-state index is -2.27. The molecule has 2 aromatic heterocycles. The van der Waals surface area contributed by atoms with E-state index < -0.39 is 7.14 Å². The number of rotatable bonds is 3. The van der Waals surface area contributed by atoms with Gasteiger partial charge in [0.05, 0.1) is 0 Å². The molecule has 17 heavy (non-hydrogen) atoms. The molecule has 5 heteroatoms. The molecular weight excluding hydrogens is 233 g/mol. The lowest BCUT2D eigenvalue weighted by Crippen LogP contribution is -2.10. The quantitative estimate of drug-likeness (QED) is 0.783. The molecule has 0 bridgehead atoms. The predicted molar refractivity (Wildman–Crippen MR) is 70.4 cm³/mol. The summed E-state index contributed by atoms with van der Waals surface area (Å²) in [5.74, 6) is 0.701. The molecule has 0 saturated heterocycles. The van der Waals surface area contributed by atoms with Gasteiger partial charge in [0.15, 0.2) is 5.65 Å². The Kier molecular flexibility index (Phi) is 3.25. The van der Waals surface area contributed by atoms with Gasteiger partial charge in [-0.15, -0.1) is 0 Å². The summed E-state index contributed by atoms with van der Waals surface area (Å²) in [5.41, 5.74) is 0.667. The molecule has 0 atom stereocenters. The summed E-state index contributed by atoms with van der Waals surface area (Å²) in [4.78, 5) is 12.7. The van der Waals surface area contributed by atoms with Crippen LogP contribution < -0.4 is 5.30 Å². The normalized spacial score (nSPS) is 11.9. The molecule has 2 rings (SSSR count). The summed E-state index contributed by atoms with van der Waals surface area (Å²) in [6.07, 6.45) is 4.78. The molecule has 0 amide bonds. The first-order valence-electron chi connectivity index (χ1n) is 5.77. The molecule has 0 aromatic carbocycles. The zero-order chi connectivity index (χ0) is 12.5. The van der Waals surface area contributed by atoms with E-state index in [0.717, 1.165) is 10.7 Å². The molecule has 0 fully saturated rings. The van der Waals surface area contributed by atoms with Crippen molar-refractivity contribution >= 4 is 23.5 Å². The van der Waals surface area contributed by atoms with Crippen molar-refractivity contribution < 1.29 is 4.57 Å². The van der Waals surface area contributed by atoms with Gasteiger partial charge in [-0.3, -0.25) is 0 Å². The van der Waals surface area contributed by atoms with Crippen molar-refractivity contribution in [2.45, 2.75) is 20.8 Å². The SMILES string of the molecule is CCP(=O)(CC)c1cnc2nc(C)ncc2c1. The Hall–Kier alpha value is -1.28. The van der Waals surface area contributed by atoms with Gasteiger partial charge in [0.1, 0.15) is 13.0 Å². The largest absolute Gasteiger partial charge is 0.319 e. The fraction of sp³-hybridized carbons (Fsp3) is 0.417. The number of fused-ring (bicyclic) bond motifs is 1. The van der Waals surface area contributed by atoms with E-state index >= 15 is 0 Å². The van der Waals surface area contributed by atoms with Crippen molar-refractivity contribution in [1.29, 1.82) is 0 Å². The lowest BCUT2D eigenvalue weighted by molar-refractivity contribution is 0.582. The zero-order valence-electron chi connectivity index (χ0n) is 10.3. The Morgan fingerprint density at radius 1 is 1.18 bits per heavy atom. The van der Waals surface area contributed by atoms with Crippen LogP contribution in [0.15, 0.2) is 18.5 Å². The number of nitrogens with zero attached hydrogens (tertiary/aromatic N) is 3. The summed E-state index contributed by atoms with van der Waals surface area (Å²) >= 11 is 0. The highest BCUT2D eigenvalue weighted by molar-refractivity contribution is 7.71. The van der Waals surface area contributed by atoms with Crippen LogP contribution in [0.1, 0.15) is 19.7 Å². The van der Waals surface area contributed by atoms with Crippen LogP contribution in [-0.2, 0) is 4.57 Å². The molecule has 0 aliphatic rings. The summed E-state index contributed by atoms with van der Waals surface area (Å²) in [6.45, 7) is 5.75. The lowest BCUT2D eigenvalue weighted by atomic mass is 10.3. The van der Waals surface area contributed by atoms with Crippen molar-refractivity contribution in [1.82, 2.24) is 15.0 Å². The second-order valence-corrected chi connectivity index (χ2v) is 7.61. The number of aromatic nitrogens is 3. The van der Waals surface area contributed by atoms with E-state index in [1.165, 1.54) is 0 Å². The van der Waals surface area contributed by atoms with Gasteiger partial charge in [0, 0.05) is 35.4 Å². The Morgan fingerprint density at radius 2 is 1.88 bits per heavy atom. The first-order valence-corrected chi connectivity index (χ1v) is 7.85. The maximum absolute atomic E-state index is 12.6. The van der Waals surface area contributed by atoms with Crippen LogP contribution in [0.2, 0.25) is 0 Å². The maximum Gasteiger partial charge on any atom is 0.162 e. The van der Waals surface area contributed by atoms with Gasteiger partial charge in [-0.2, -0.15) is 0 Å². The van der Waals surface area contributed by atoms with Gasteiger partial charge in [0.2, 0.25) is 0 Å². The fourth-order valence-corrected chi connectivity index (χ4v) is 3.63. The molecule has 0 unspecified atom stereocenters. The van der Waals surface area contributed by atoms with Crippen LogP contribution in [0.4, 0.5) is 0 Å². The Balaban J connectivity index is 2.59. The summed E-state index contributed by atoms with van der Waals surface area (Å²) in [5, 5.41) is 1.69. The van der Waals surface area contributed by atoms with E-state index in [1.54, 1.807) is 12.4 Å². The molecule has 0 aliphatic heterocycles. The van der Waals surface area contributed by atoms with Crippen molar-refractivity contribution in [3.63, 3.8) is 0 Å². The fourth-order valence-electron chi connectivity index (χ4n) is 1.81. The second-order valence-electron chi connectivity index (χ2n) is 4.05. The van der Waals surface area contributed by atoms with Gasteiger partial charge in [-0.05, 0) is 13.0 Å². The molecular formula is C12H16N3OP. The first kappa shape index (κ1) is 12.2. The molecule has 0 saturated carbocycles. The first-order chi connectivity index (χ1) is 8.09. The van der Waals surface area contributed by atoms with Gasteiger partial charge in [0.25, 0.3) is 0 Å². The molecule has 0 spiro atoms. The van der Waals surface area contributed by atoms with Crippen LogP contribution in [0.25, 0.3) is 11.0 Å². The van der Waals surface area contributed by atoms with Gasteiger partial charge in [-0.1, -0.05) is 13.8 Å². The van der Waals surface area contributed by atoms with Crippen LogP contribution in [0.3, 0.4) is 0 Å². The smallest absolute Gasteiger partial charge is 0.162 e. The predicted octanol–water partition coefficient (Wildman–Crippen LogP) is 2.36. The van der Waals surface area contributed by atoms with E-state index in [-0.39, 0.29) is 0 Å². The topological polar surface area (TPSA) is 55.7 Å². The Bertz CT molecular complexity index is 589. The number of hydrogen-bond donors (Lipinski definition) is 0. The summed E-state index contributed by atoms with van der Waals surface area (Å²) in [7, 11) is -2.27. The lowest BCUT2D eigenvalue weighted by Gasteiger charge is -2.14. The van der Waals surface area contributed by atoms with Gasteiger partial charge < -0.3 is 4.57 Å². The molecule has 90 valence electrons. The van der Waals surface area contributed by atoms with Gasteiger partial charge in [-0.25, -0.2) is 15.0 Å². The van der Waals surface area contributed by atoms with E-state index in [2.05, 4.69) is 15.0 Å². The molecule has 4 nitrogen and oxygen atoms in total. The maximum atomic E-state index is 12.6. The van der Waals surface area contributed by atoms with Crippen LogP contribution in [0, 0.1) is 6.92 Å². The molecule has 0 N–H and O–H groups in total. The van der Waals surface area contributed by atoms with E-state index in [4.69, 9.17) is 0 Å². The highest BCUT2D eigenvalue weighted by Gasteiger charge is 2.20. The average Bonchev–Trinajstić information content (AvgIpc) is 2.37. The van der Waals surface area contributed by atoms with Crippen molar-refractivity contribution in [2.75, 3.05) is 12.3 Å². The highest BCUT2D eigenvalue weighted by Crippen LogP contribution is 2.43. The van der Waals surface area contributed by atoms with Gasteiger partial charge >= 0.3 is 0 Å². The third-order valence-electron chi connectivity index (χ3n) is 3.03. The highest BCUT2D eigenvalue weighted by atomic mass is 31.2. The van der Waals surface area contributed by atoms with E-state index in [0.29, 0.717) is 23.8 Å². The average molecular weight is 249 g/mol. The summed E-state index contributed by atoms with van der Waals surface area (Å²) < 4.78 is 12.6. The van der Waals surface area contributed by atoms with Crippen molar-refractivity contribution in [3.05, 3.63) is 24.3 Å². The van der Waals surface area contributed by atoms with E-state index in [1.807, 2.05) is 26.8 Å². The molecule has 2 aromatic rings. The minimum absolute atomic E-state index is 0.667.